The molecule has 0 aliphatic carbocycles. The van der Waals surface area contributed by atoms with E-state index in [0.717, 1.165) is 4.90 Å². The molecule has 0 radical (unpaired) electrons. The molecule has 1 atom stereocenters. The number of amides is 1. The summed E-state index contributed by atoms with van der Waals surface area (Å²) < 4.78 is 43.4. The summed E-state index contributed by atoms with van der Waals surface area (Å²) in [4.78, 5) is 13.1. The predicted octanol–water partition coefficient (Wildman–Crippen LogP) is 3.41. The summed E-state index contributed by atoms with van der Waals surface area (Å²) in [6.45, 7) is -1.35. The van der Waals surface area contributed by atoms with Gasteiger partial charge in [0.05, 0.1) is 11.8 Å². The number of hydrogen-bond acceptors (Lipinski definition) is 3. The molecule has 2 aromatic rings. The summed E-state index contributed by atoms with van der Waals surface area (Å²) in [6, 6.07) is 9.55. The van der Waals surface area contributed by atoms with Crippen molar-refractivity contribution in [3.8, 4) is 0 Å². The fourth-order valence-electron chi connectivity index (χ4n) is 2.32. The van der Waals surface area contributed by atoms with Crippen molar-refractivity contribution in [1.29, 1.82) is 0 Å². The van der Waals surface area contributed by atoms with Gasteiger partial charge in [-0.05, 0) is 24.3 Å². The van der Waals surface area contributed by atoms with Gasteiger partial charge in [0.25, 0.3) is 5.91 Å². The molecular formula is C14H11F3N2O2. The molecule has 1 amide bonds. The molecule has 0 bridgehead atoms. The van der Waals surface area contributed by atoms with Gasteiger partial charge >= 0.3 is 6.18 Å². The molecule has 1 aliphatic heterocycles. The van der Waals surface area contributed by atoms with Crippen LogP contribution in [0.5, 0.6) is 0 Å². The van der Waals surface area contributed by atoms with Crippen LogP contribution < -0.4 is 5.32 Å². The third-order valence-corrected chi connectivity index (χ3v) is 3.18. The Morgan fingerprint density at radius 3 is 2.62 bits per heavy atom. The molecule has 2 heterocycles. The number of halogens is 3. The number of carbonyl (C=O) groups is 1. The van der Waals surface area contributed by atoms with Crippen molar-refractivity contribution in [1.82, 2.24) is 4.90 Å². The van der Waals surface area contributed by atoms with Crippen LogP contribution in [0.25, 0.3) is 0 Å². The number of alkyl halides is 3. The van der Waals surface area contributed by atoms with Gasteiger partial charge in [0.15, 0.2) is 6.17 Å². The molecular weight excluding hydrogens is 285 g/mol. The van der Waals surface area contributed by atoms with Gasteiger partial charge in [-0.2, -0.15) is 13.2 Å². The van der Waals surface area contributed by atoms with Crippen molar-refractivity contribution >= 4 is 11.6 Å². The van der Waals surface area contributed by atoms with E-state index in [1.54, 1.807) is 24.3 Å². The molecule has 3 rings (SSSR count). The minimum atomic E-state index is -4.49. The van der Waals surface area contributed by atoms with Crippen molar-refractivity contribution in [2.75, 3.05) is 11.9 Å². The minimum Gasteiger partial charge on any atom is -0.465 e. The van der Waals surface area contributed by atoms with Gasteiger partial charge in [0.2, 0.25) is 0 Å². The molecule has 1 aliphatic rings. The first-order valence-electron chi connectivity index (χ1n) is 6.22. The third-order valence-electron chi connectivity index (χ3n) is 3.18. The topological polar surface area (TPSA) is 45.5 Å². The molecule has 0 spiro atoms. The van der Waals surface area contributed by atoms with Crippen LogP contribution in [-0.4, -0.2) is 23.5 Å². The average Bonchev–Trinajstić information content (AvgIpc) is 2.94. The number of nitrogens with one attached hydrogen (secondary N) is 1. The van der Waals surface area contributed by atoms with Gasteiger partial charge in [0.1, 0.15) is 12.3 Å². The summed E-state index contributed by atoms with van der Waals surface area (Å²) in [5, 5.41) is 2.91. The summed E-state index contributed by atoms with van der Waals surface area (Å²) in [5.41, 5.74) is 0.701. The summed E-state index contributed by atoms with van der Waals surface area (Å²) in [6.07, 6.45) is -4.12. The molecule has 4 nitrogen and oxygen atoms in total. The minimum absolute atomic E-state index is 0.213. The summed E-state index contributed by atoms with van der Waals surface area (Å²) in [7, 11) is 0. The highest BCUT2D eigenvalue weighted by Crippen LogP contribution is 2.35. The zero-order valence-electron chi connectivity index (χ0n) is 10.7. The predicted molar refractivity (Wildman–Crippen MR) is 68.6 cm³/mol. The van der Waals surface area contributed by atoms with E-state index < -0.39 is 24.8 Å². The largest absolute Gasteiger partial charge is 0.465 e. The molecule has 1 aromatic heterocycles. The Morgan fingerprint density at radius 2 is 1.95 bits per heavy atom. The fraction of sp³-hybridized carbons (Fsp3) is 0.214. The first-order chi connectivity index (χ1) is 9.96. The van der Waals surface area contributed by atoms with E-state index in [0.29, 0.717) is 5.69 Å². The maximum absolute atomic E-state index is 12.8. The highest BCUT2D eigenvalue weighted by atomic mass is 19.4. The molecule has 21 heavy (non-hydrogen) atoms. The summed E-state index contributed by atoms with van der Waals surface area (Å²) in [5.74, 6) is -0.426. The quantitative estimate of drug-likeness (QED) is 0.923. The Hall–Kier alpha value is -2.44. The van der Waals surface area contributed by atoms with Crippen LogP contribution in [0, 0.1) is 0 Å². The van der Waals surface area contributed by atoms with E-state index in [-0.39, 0.29) is 11.3 Å². The number of anilines is 1. The van der Waals surface area contributed by atoms with Crippen LogP contribution in [0.1, 0.15) is 22.3 Å². The van der Waals surface area contributed by atoms with Crippen LogP contribution in [0.15, 0.2) is 47.1 Å². The van der Waals surface area contributed by atoms with Crippen LogP contribution in [0.3, 0.4) is 0 Å². The first kappa shape index (κ1) is 13.5. The number of fused-ring (bicyclic) bond motifs is 1. The SMILES string of the molecule is O=C1c2ccccc2N[C@@H](c2ccco2)N1CC(F)(F)F. The van der Waals surface area contributed by atoms with E-state index in [4.69, 9.17) is 4.42 Å². The van der Waals surface area contributed by atoms with E-state index in [1.165, 1.54) is 18.4 Å². The van der Waals surface area contributed by atoms with E-state index in [2.05, 4.69) is 5.32 Å². The lowest BCUT2D eigenvalue weighted by Crippen LogP contribution is -2.47. The standard InChI is InChI=1S/C14H11F3N2O2/c15-14(16,17)8-19-12(11-6-3-7-21-11)18-10-5-2-1-4-9(10)13(19)20/h1-7,12,18H,8H2/t12-/m1/s1. The normalized spacial score (nSPS) is 18.3. The van der Waals surface area contributed by atoms with Crippen molar-refractivity contribution in [2.24, 2.45) is 0 Å². The van der Waals surface area contributed by atoms with E-state index >= 15 is 0 Å². The zero-order chi connectivity index (χ0) is 15.0. The second kappa shape index (κ2) is 4.83. The lowest BCUT2D eigenvalue weighted by molar-refractivity contribution is -0.144. The Bertz CT molecular complexity index is 652. The second-order valence-corrected chi connectivity index (χ2v) is 4.66. The van der Waals surface area contributed by atoms with Crippen LogP contribution >= 0.6 is 0 Å². The highest BCUT2D eigenvalue weighted by Gasteiger charge is 2.41. The first-order valence-corrected chi connectivity index (χ1v) is 6.22. The molecule has 0 fully saturated rings. The molecule has 0 saturated heterocycles. The molecule has 110 valence electrons. The third kappa shape index (κ3) is 2.58. The second-order valence-electron chi connectivity index (χ2n) is 4.66. The fourth-order valence-corrected chi connectivity index (χ4v) is 2.32. The monoisotopic (exact) mass is 296 g/mol. The van der Waals surface area contributed by atoms with Crippen molar-refractivity contribution in [3.63, 3.8) is 0 Å². The van der Waals surface area contributed by atoms with Crippen molar-refractivity contribution in [3.05, 3.63) is 54.0 Å². The van der Waals surface area contributed by atoms with E-state index in [1.807, 2.05) is 0 Å². The number of rotatable bonds is 2. The number of hydrogen-bond donors (Lipinski definition) is 1. The van der Waals surface area contributed by atoms with Crippen LogP contribution in [0.2, 0.25) is 0 Å². The lowest BCUT2D eigenvalue weighted by atomic mass is 10.1. The number of carbonyl (C=O) groups excluding carboxylic acids is 1. The van der Waals surface area contributed by atoms with Gasteiger partial charge in [-0.25, -0.2) is 0 Å². The Labute approximate surface area is 118 Å². The lowest BCUT2D eigenvalue weighted by Gasteiger charge is -2.37. The average molecular weight is 296 g/mol. The number of para-hydroxylation sites is 1. The van der Waals surface area contributed by atoms with Crippen LogP contribution in [0.4, 0.5) is 18.9 Å². The van der Waals surface area contributed by atoms with Gasteiger partial charge < -0.3 is 14.6 Å². The van der Waals surface area contributed by atoms with Gasteiger partial charge in [-0.3, -0.25) is 4.79 Å². The molecule has 1 N–H and O–H groups in total. The Morgan fingerprint density at radius 1 is 1.19 bits per heavy atom. The number of furan rings is 1. The smallest absolute Gasteiger partial charge is 0.406 e. The van der Waals surface area contributed by atoms with E-state index in [9.17, 15) is 18.0 Å². The molecule has 1 aromatic carbocycles. The van der Waals surface area contributed by atoms with Crippen molar-refractivity contribution in [2.45, 2.75) is 12.3 Å². The van der Waals surface area contributed by atoms with Gasteiger partial charge in [-0.15, -0.1) is 0 Å². The molecule has 0 unspecified atom stereocenters. The highest BCUT2D eigenvalue weighted by molar-refractivity contribution is 6.01. The van der Waals surface area contributed by atoms with Gasteiger partial charge in [0, 0.05) is 5.69 Å². The van der Waals surface area contributed by atoms with Gasteiger partial charge in [-0.1, -0.05) is 12.1 Å². The summed E-state index contributed by atoms with van der Waals surface area (Å²) >= 11 is 0. The molecule has 7 heteroatoms. The number of benzene rings is 1. The number of nitrogens with zero attached hydrogens (tertiary/aromatic N) is 1. The zero-order valence-corrected chi connectivity index (χ0v) is 10.7. The maximum Gasteiger partial charge on any atom is 0.406 e. The van der Waals surface area contributed by atoms with Crippen LogP contribution in [-0.2, 0) is 0 Å². The molecule has 0 saturated carbocycles. The maximum atomic E-state index is 12.8. The Kier molecular flexibility index (Phi) is 3.12. The van der Waals surface area contributed by atoms with Crippen molar-refractivity contribution < 1.29 is 22.4 Å². The Balaban J connectivity index is 2.03.